The summed E-state index contributed by atoms with van der Waals surface area (Å²) in [5, 5.41) is 0. The van der Waals surface area contributed by atoms with Crippen LogP contribution in [0.15, 0.2) is 60.7 Å². The van der Waals surface area contributed by atoms with E-state index in [1.54, 1.807) is 6.61 Å². The molecule has 2 aromatic rings. The first kappa shape index (κ1) is 11.5. The van der Waals surface area contributed by atoms with E-state index in [1.807, 2.05) is 60.7 Å². The Labute approximate surface area is 102 Å². The molecule has 1 radical (unpaired) electrons. The third-order valence-electron chi connectivity index (χ3n) is 2.21. The van der Waals surface area contributed by atoms with Crippen LogP contribution < -0.4 is 9.47 Å². The minimum absolute atomic E-state index is 0.622. The second-order valence-corrected chi connectivity index (χ2v) is 3.55. The van der Waals surface area contributed by atoms with E-state index in [2.05, 4.69) is 0 Å². The van der Waals surface area contributed by atoms with E-state index >= 15 is 0 Å². The van der Waals surface area contributed by atoms with Crippen LogP contribution in [-0.4, -0.2) is 6.61 Å². The molecule has 0 N–H and O–H groups in total. The lowest BCUT2D eigenvalue weighted by Crippen LogP contribution is -2.00. The molecule has 87 valence electrons. The quantitative estimate of drug-likeness (QED) is 0.700. The molecule has 0 bridgehead atoms. The normalized spacial score (nSPS) is 9.88. The molecular weight excluding hydrogens is 212 g/mol. The van der Waals surface area contributed by atoms with Crippen molar-refractivity contribution in [2.24, 2.45) is 0 Å². The highest BCUT2D eigenvalue weighted by atomic mass is 16.5. The molecule has 0 aliphatic heterocycles. The molecule has 0 aliphatic carbocycles. The van der Waals surface area contributed by atoms with Crippen molar-refractivity contribution < 1.29 is 9.47 Å². The molecule has 0 aromatic heterocycles. The minimum Gasteiger partial charge on any atom is -0.493 e. The summed E-state index contributed by atoms with van der Waals surface area (Å²) in [5.41, 5.74) is 0. The van der Waals surface area contributed by atoms with Gasteiger partial charge in [0.25, 0.3) is 0 Å². The molecule has 17 heavy (non-hydrogen) atoms. The number of hydrogen-bond acceptors (Lipinski definition) is 2. The SMILES string of the molecule is [CH](CCOc1ccccc1)Oc1ccccc1. The minimum atomic E-state index is 0.622. The van der Waals surface area contributed by atoms with Crippen LogP contribution in [0.25, 0.3) is 0 Å². The number of rotatable bonds is 6. The Morgan fingerprint density at radius 3 is 2.00 bits per heavy atom. The second kappa shape index (κ2) is 6.59. The Morgan fingerprint density at radius 2 is 1.35 bits per heavy atom. The zero-order valence-electron chi connectivity index (χ0n) is 9.58. The molecule has 0 atom stereocenters. The van der Waals surface area contributed by atoms with Gasteiger partial charge in [0.15, 0.2) is 0 Å². The summed E-state index contributed by atoms with van der Waals surface area (Å²) < 4.78 is 11.0. The molecular formula is C15H15O2. The largest absolute Gasteiger partial charge is 0.493 e. The van der Waals surface area contributed by atoms with Crippen LogP contribution >= 0.6 is 0 Å². The molecule has 2 rings (SSSR count). The summed E-state index contributed by atoms with van der Waals surface area (Å²) in [6.45, 7) is 2.38. The number of para-hydroxylation sites is 2. The molecule has 0 saturated carbocycles. The van der Waals surface area contributed by atoms with Crippen molar-refractivity contribution in [2.75, 3.05) is 6.61 Å². The van der Waals surface area contributed by atoms with Gasteiger partial charge in [-0.25, -0.2) is 0 Å². The van der Waals surface area contributed by atoms with E-state index < -0.39 is 0 Å². The van der Waals surface area contributed by atoms with Gasteiger partial charge in [0.05, 0.1) is 6.61 Å². The average molecular weight is 227 g/mol. The maximum atomic E-state index is 5.53. The van der Waals surface area contributed by atoms with E-state index in [1.165, 1.54) is 0 Å². The van der Waals surface area contributed by atoms with Crippen molar-refractivity contribution in [2.45, 2.75) is 6.42 Å². The Kier molecular flexibility index (Phi) is 4.46. The first-order valence-corrected chi connectivity index (χ1v) is 5.66. The van der Waals surface area contributed by atoms with Gasteiger partial charge in [0.2, 0.25) is 0 Å². The van der Waals surface area contributed by atoms with Crippen LogP contribution in [0.4, 0.5) is 0 Å². The molecule has 0 heterocycles. The van der Waals surface area contributed by atoms with Crippen LogP contribution in [0, 0.1) is 6.61 Å². The van der Waals surface area contributed by atoms with E-state index in [-0.39, 0.29) is 0 Å². The summed E-state index contributed by atoms with van der Waals surface area (Å²) in [7, 11) is 0. The van der Waals surface area contributed by atoms with Crippen LogP contribution in [0.1, 0.15) is 6.42 Å². The van der Waals surface area contributed by atoms with Gasteiger partial charge in [0, 0.05) is 6.42 Å². The van der Waals surface area contributed by atoms with Crippen LogP contribution in [0.3, 0.4) is 0 Å². The Balaban J connectivity index is 1.61. The topological polar surface area (TPSA) is 18.5 Å². The predicted octanol–water partition coefficient (Wildman–Crippen LogP) is 3.70. The van der Waals surface area contributed by atoms with E-state index in [4.69, 9.17) is 9.47 Å². The van der Waals surface area contributed by atoms with E-state index in [0.29, 0.717) is 6.61 Å². The highest BCUT2D eigenvalue weighted by Gasteiger charge is 1.94. The van der Waals surface area contributed by atoms with Gasteiger partial charge in [-0.05, 0) is 24.3 Å². The molecule has 2 nitrogen and oxygen atoms in total. The monoisotopic (exact) mass is 227 g/mol. The summed E-state index contributed by atoms with van der Waals surface area (Å²) in [6.07, 6.45) is 0.754. The summed E-state index contributed by atoms with van der Waals surface area (Å²) in [6, 6.07) is 19.5. The molecule has 0 aliphatic rings. The molecule has 0 fully saturated rings. The van der Waals surface area contributed by atoms with Crippen molar-refractivity contribution in [1.82, 2.24) is 0 Å². The van der Waals surface area contributed by atoms with Gasteiger partial charge in [-0.2, -0.15) is 0 Å². The summed E-state index contributed by atoms with van der Waals surface area (Å²) in [4.78, 5) is 0. The molecule has 0 saturated heterocycles. The highest BCUT2D eigenvalue weighted by molar-refractivity contribution is 5.22. The number of benzene rings is 2. The molecule has 2 heteroatoms. The van der Waals surface area contributed by atoms with Gasteiger partial charge in [-0.1, -0.05) is 36.4 Å². The fourth-order valence-corrected chi connectivity index (χ4v) is 1.40. The maximum absolute atomic E-state index is 5.53. The highest BCUT2D eigenvalue weighted by Crippen LogP contribution is 2.11. The van der Waals surface area contributed by atoms with E-state index in [9.17, 15) is 0 Å². The standard InChI is InChI=1S/C15H15O2/c1-3-8-14(9-4-1)16-12-7-13-17-15-10-5-2-6-11-15/h1-6,8-12H,7,13H2. The number of hydrogen-bond donors (Lipinski definition) is 0. The van der Waals surface area contributed by atoms with Crippen molar-refractivity contribution in [3.63, 3.8) is 0 Å². The van der Waals surface area contributed by atoms with Gasteiger partial charge in [0.1, 0.15) is 18.1 Å². The molecule has 2 aromatic carbocycles. The van der Waals surface area contributed by atoms with E-state index in [0.717, 1.165) is 17.9 Å². The van der Waals surface area contributed by atoms with Crippen LogP contribution in [0.2, 0.25) is 0 Å². The molecule has 0 amide bonds. The predicted molar refractivity (Wildman–Crippen MR) is 67.9 cm³/mol. The lowest BCUT2D eigenvalue weighted by atomic mass is 10.3. The zero-order valence-corrected chi connectivity index (χ0v) is 9.58. The fraction of sp³-hybridized carbons (Fsp3) is 0.133. The van der Waals surface area contributed by atoms with Gasteiger partial charge >= 0.3 is 0 Å². The van der Waals surface area contributed by atoms with Crippen molar-refractivity contribution in [3.05, 3.63) is 67.3 Å². The van der Waals surface area contributed by atoms with Gasteiger partial charge in [-0.3, -0.25) is 0 Å². The van der Waals surface area contributed by atoms with Gasteiger partial charge < -0.3 is 9.47 Å². The van der Waals surface area contributed by atoms with Crippen molar-refractivity contribution in [3.8, 4) is 11.5 Å². The smallest absolute Gasteiger partial charge is 0.139 e. The second-order valence-electron chi connectivity index (χ2n) is 3.55. The molecule has 0 spiro atoms. The first-order valence-electron chi connectivity index (χ1n) is 5.66. The average Bonchev–Trinajstić information content (AvgIpc) is 2.41. The zero-order chi connectivity index (χ0) is 11.8. The van der Waals surface area contributed by atoms with Crippen molar-refractivity contribution in [1.29, 1.82) is 0 Å². The number of ether oxygens (including phenoxy) is 2. The third kappa shape index (κ3) is 4.19. The Bertz CT molecular complexity index is 370. The van der Waals surface area contributed by atoms with Crippen LogP contribution in [0.5, 0.6) is 11.5 Å². The fourth-order valence-electron chi connectivity index (χ4n) is 1.40. The first-order chi connectivity index (χ1) is 8.45. The lowest BCUT2D eigenvalue weighted by molar-refractivity contribution is 0.287. The maximum Gasteiger partial charge on any atom is 0.139 e. The summed E-state index contributed by atoms with van der Waals surface area (Å²) >= 11 is 0. The Morgan fingerprint density at radius 1 is 0.765 bits per heavy atom. The third-order valence-corrected chi connectivity index (χ3v) is 2.21. The van der Waals surface area contributed by atoms with Gasteiger partial charge in [-0.15, -0.1) is 0 Å². The Hall–Kier alpha value is -1.96. The van der Waals surface area contributed by atoms with Crippen LogP contribution in [-0.2, 0) is 0 Å². The summed E-state index contributed by atoms with van der Waals surface area (Å²) in [5.74, 6) is 1.74. The van der Waals surface area contributed by atoms with Crippen molar-refractivity contribution >= 4 is 0 Å². The lowest BCUT2D eigenvalue weighted by Gasteiger charge is -2.06. The molecule has 0 unspecified atom stereocenters.